The number of carbonyl (C=O) groups excluding carboxylic acids is 1. The molecule has 0 saturated carbocycles. The molecule has 0 rings (SSSR count). The molecule has 0 aromatic heterocycles. The van der Waals surface area contributed by atoms with Gasteiger partial charge in [-0.1, -0.05) is 191 Å². The number of nitrogens with two attached hydrogens (primary N) is 1. The topological polar surface area (TPSA) is 131 Å². The zero-order chi connectivity index (χ0) is 40.3. The maximum absolute atomic E-state index is 12.8. The Balaban J connectivity index is 4.16. The Kier molecular flexibility index (Phi) is 40.9. The van der Waals surface area contributed by atoms with Crippen molar-refractivity contribution in [3.63, 3.8) is 0 Å². The standard InChI is InChI=1S/C46H87N2O6P/c1-3-5-7-9-11-13-15-17-18-19-20-21-22-23-24-25-26-28-30-32-34-36-38-40-46(50)48-44(43-54-55(51,52)53-42-41-47)45(49)39-37-35-33-31-29-27-16-14-12-10-8-6-4-2/h15,17,19-20,22-23,37,39,44-45,49H,3-14,16,18,21,24-36,38,40-43,47H2,1-2H3,(H,48,50)(H,51,52)/b17-15-,20-19-,23-22-,39-37+. The van der Waals surface area contributed by atoms with E-state index in [1.807, 2.05) is 6.08 Å². The van der Waals surface area contributed by atoms with Gasteiger partial charge in [-0.05, 0) is 57.8 Å². The Morgan fingerprint density at radius 3 is 1.45 bits per heavy atom. The zero-order valence-corrected chi connectivity index (χ0v) is 36.6. The number of carbonyl (C=O) groups is 1. The fourth-order valence-electron chi connectivity index (χ4n) is 6.43. The molecule has 3 unspecified atom stereocenters. The van der Waals surface area contributed by atoms with Crippen LogP contribution in [-0.2, 0) is 18.4 Å². The minimum absolute atomic E-state index is 0.0758. The second kappa shape index (κ2) is 42.1. The van der Waals surface area contributed by atoms with Crippen LogP contribution in [-0.4, -0.2) is 47.8 Å². The molecule has 0 heterocycles. The number of aliphatic hydroxyl groups excluding tert-OH is 1. The van der Waals surface area contributed by atoms with Crippen LogP contribution in [0, 0.1) is 0 Å². The van der Waals surface area contributed by atoms with Crippen molar-refractivity contribution in [2.75, 3.05) is 19.8 Å². The van der Waals surface area contributed by atoms with E-state index in [1.165, 1.54) is 128 Å². The molecule has 0 aromatic rings. The summed E-state index contributed by atoms with van der Waals surface area (Å²) in [5.74, 6) is -0.203. The zero-order valence-electron chi connectivity index (χ0n) is 35.7. The summed E-state index contributed by atoms with van der Waals surface area (Å²) in [5.41, 5.74) is 5.37. The van der Waals surface area contributed by atoms with Gasteiger partial charge in [-0.15, -0.1) is 0 Å². The van der Waals surface area contributed by atoms with Crippen LogP contribution in [0.15, 0.2) is 48.6 Å². The quantitative estimate of drug-likeness (QED) is 0.0275. The third-order valence-corrected chi connectivity index (χ3v) is 10.9. The average Bonchev–Trinajstić information content (AvgIpc) is 3.17. The predicted molar refractivity (Wildman–Crippen MR) is 235 cm³/mol. The number of phosphoric ester groups is 1. The molecule has 0 aromatic carbocycles. The van der Waals surface area contributed by atoms with E-state index in [4.69, 9.17) is 14.8 Å². The molecule has 322 valence electrons. The SMILES string of the molecule is CCCCCCC/C=C\C/C=C\C/C=C\CCCCCCCCCCC(=O)NC(COP(=O)(O)OCCN)C(O)/C=C/CCCCCCCCCCCCC. The Hall–Kier alpha value is -1.54. The first-order chi connectivity index (χ1) is 26.9. The lowest BCUT2D eigenvalue weighted by Crippen LogP contribution is -2.45. The number of rotatable bonds is 42. The molecular formula is C46H87N2O6P. The molecule has 0 saturated heterocycles. The molecule has 5 N–H and O–H groups in total. The van der Waals surface area contributed by atoms with Crippen molar-refractivity contribution in [2.45, 2.75) is 219 Å². The number of nitrogens with one attached hydrogen (secondary N) is 1. The van der Waals surface area contributed by atoms with Crippen LogP contribution >= 0.6 is 7.82 Å². The minimum Gasteiger partial charge on any atom is -0.387 e. The van der Waals surface area contributed by atoms with Gasteiger partial charge in [0, 0.05) is 13.0 Å². The molecule has 0 aliphatic carbocycles. The van der Waals surface area contributed by atoms with Gasteiger partial charge >= 0.3 is 7.82 Å². The highest BCUT2D eigenvalue weighted by Gasteiger charge is 2.26. The second-order valence-corrected chi connectivity index (χ2v) is 16.7. The van der Waals surface area contributed by atoms with Gasteiger partial charge in [-0.2, -0.15) is 0 Å². The summed E-state index contributed by atoms with van der Waals surface area (Å²) < 4.78 is 22.1. The molecule has 1 amide bonds. The van der Waals surface area contributed by atoms with E-state index >= 15 is 0 Å². The van der Waals surface area contributed by atoms with Crippen molar-refractivity contribution in [2.24, 2.45) is 5.73 Å². The Labute approximate surface area is 339 Å². The molecule has 0 aliphatic rings. The van der Waals surface area contributed by atoms with Crippen LogP contribution in [0.25, 0.3) is 0 Å². The van der Waals surface area contributed by atoms with Crippen molar-refractivity contribution in [3.8, 4) is 0 Å². The monoisotopic (exact) mass is 795 g/mol. The predicted octanol–water partition coefficient (Wildman–Crippen LogP) is 12.9. The van der Waals surface area contributed by atoms with Crippen LogP contribution in [0.5, 0.6) is 0 Å². The third kappa shape index (κ3) is 40.5. The van der Waals surface area contributed by atoms with Crippen LogP contribution < -0.4 is 11.1 Å². The van der Waals surface area contributed by atoms with Gasteiger partial charge in [0.25, 0.3) is 0 Å². The average molecular weight is 795 g/mol. The summed E-state index contributed by atoms with van der Waals surface area (Å²) in [6.45, 7) is 4.11. The van der Waals surface area contributed by atoms with E-state index in [2.05, 4.69) is 55.6 Å². The van der Waals surface area contributed by atoms with Crippen molar-refractivity contribution >= 4 is 13.7 Å². The molecule has 9 heteroatoms. The molecular weight excluding hydrogens is 707 g/mol. The van der Waals surface area contributed by atoms with E-state index in [0.717, 1.165) is 57.8 Å². The van der Waals surface area contributed by atoms with Crippen molar-refractivity contribution < 1.29 is 28.4 Å². The summed E-state index contributed by atoms with van der Waals surface area (Å²) in [7, 11) is -4.34. The lowest BCUT2D eigenvalue weighted by molar-refractivity contribution is -0.123. The number of hydrogen-bond donors (Lipinski definition) is 4. The highest BCUT2D eigenvalue weighted by Crippen LogP contribution is 2.43. The van der Waals surface area contributed by atoms with Crippen molar-refractivity contribution in [1.29, 1.82) is 0 Å². The molecule has 0 fully saturated rings. The van der Waals surface area contributed by atoms with Gasteiger partial charge in [0.05, 0.1) is 25.4 Å². The fraction of sp³-hybridized carbons (Fsp3) is 0.804. The Morgan fingerprint density at radius 1 is 0.600 bits per heavy atom. The smallest absolute Gasteiger partial charge is 0.387 e. The number of aliphatic hydroxyl groups is 1. The Bertz CT molecular complexity index is 1000. The molecule has 0 aliphatic heterocycles. The summed E-state index contributed by atoms with van der Waals surface area (Å²) in [6.07, 6.45) is 51.6. The van der Waals surface area contributed by atoms with Crippen molar-refractivity contribution in [3.05, 3.63) is 48.6 Å². The largest absolute Gasteiger partial charge is 0.472 e. The van der Waals surface area contributed by atoms with E-state index in [-0.39, 0.29) is 25.7 Å². The molecule has 3 atom stereocenters. The maximum atomic E-state index is 12.8. The van der Waals surface area contributed by atoms with Crippen LogP contribution in [0.1, 0.15) is 206 Å². The fourth-order valence-corrected chi connectivity index (χ4v) is 7.19. The number of allylic oxidation sites excluding steroid dienone is 7. The van der Waals surface area contributed by atoms with E-state index in [1.54, 1.807) is 6.08 Å². The van der Waals surface area contributed by atoms with Crippen LogP contribution in [0.2, 0.25) is 0 Å². The molecule has 8 nitrogen and oxygen atoms in total. The van der Waals surface area contributed by atoms with Gasteiger partial charge in [0.1, 0.15) is 0 Å². The lowest BCUT2D eigenvalue weighted by atomic mass is 10.0. The summed E-state index contributed by atoms with van der Waals surface area (Å²) in [5, 5.41) is 13.7. The summed E-state index contributed by atoms with van der Waals surface area (Å²) in [6, 6.07) is -0.865. The van der Waals surface area contributed by atoms with Crippen LogP contribution in [0.4, 0.5) is 0 Å². The third-order valence-electron chi connectivity index (χ3n) is 9.90. The normalized spacial score (nSPS) is 14.5. The van der Waals surface area contributed by atoms with Gasteiger partial charge in [0.2, 0.25) is 5.91 Å². The summed E-state index contributed by atoms with van der Waals surface area (Å²) >= 11 is 0. The summed E-state index contributed by atoms with van der Waals surface area (Å²) in [4.78, 5) is 22.7. The van der Waals surface area contributed by atoms with E-state index in [9.17, 15) is 19.4 Å². The molecule has 0 radical (unpaired) electrons. The molecule has 0 spiro atoms. The van der Waals surface area contributed by atoms with Crippen LogP contribution in [0.3, 0.4) is 0 Å². The number of amides is 1. The van der Waals surface area contributed by atoms with Gasteiger partial charge in [0.15, 0.2) is 0 Å². The highest BCUT2D eigenvalue weighted by atomic mass is 31.2. The second-order valence-electron chi connectivity index (χ2n) is 15.3. The Morgan fingerprint density at radius 2 is 1.00 bits per heavy atom. The first-order valence-electron chi connectivity index (χ1n) is 22.8. The first-order valence-corrected chi connectivity index (χ1v) is 24.3. The van der Waals surface area contributed by atoms with Gasteiger partial charge in [-0.3, -0.25) is 13.8 Å². The molecule has 55 heavy (non-hydrogen) atoms. The van der Waals surface area contributed by atoms with E-state index < -0.39 is 20.0 Å². The maximum Gasteiger partial charge on any atom is 0.472 e. The minimum atomic E-state index is -4.34. The lowest BCUT2D eigenvalue weighted by Gasteiger charge is -2.23. The first kappa shape index (κ1) is 53.5. The molecule has 0 bridgehead atoms. The number of unbranched alkanes of at least 4 members (excludes halogenated alkanes) is 24. The number of phosphoric acid groups is 1. The van der Waals surface area contributed by atoms with Gasteiger partial charge < -0.3 is 21.1 Å². The number of hydrogen-bond acceptors (Lipinski definition) is 6. The van der Waals surface area contributed by atoms with E-state index in [0.29, 0.717) is 6.42 Å². The van der Waals surface area contributed by atoms with Gasteiger partial charge in [-0.25, -0.2) is 4.57 Å². The highest BCUT2D eigenvalue weighted by molar-refractivity contribution is 7.47. The van der Waals surface area contributed by atoms with Crippen molar-refractivity contribution in [1.82, 2.24) is 5.32 Å².